The molecular formula is C2IO3-. The van der Waals surface area contributed by atoms with E-state index in [1.807, 2.05) is 0 Å². The third-order valence-corrected chi connectivity index (χ3v) is 1.64. The summed E-state index contributed by atoms with van der Waals surface area (Å²) in [6, 6.07) is 0. The first-order valence-electron chi connectivity index (χ1n) is 1.19. The van der Waals surface area contributed by atoms with Gasteiger partial charge in [-0.05, 0) is 0 Å². The summed E-state index contributed by atoms with van der Waals surface area (Å²) in [7, 11) is 0. The Hall–Kier alpha value is -0.130. The van der Waals surface area contributed by atoms with Gasteiger partial charge in [-0.1, -0.05) is 0 Å². The Labute approximate surface area is 43.9 Å². The topological polar surface area (TPSA) is 43.4 Å². The third kappa shape index (κ3) is 0.515. The molecular weight excluding hydrogens is 199 g/mol. The number of cyclic esters (lactones) is 2. The maximum absolute atomic E-state index is 9.72. The maximum atomic E-state index is 9.72. The Kier molecular flexibility index (Phi) is 0.793. The summed E-state index contributed by atoms with van der Waals surface area (Å²) in [5.41, 5.74) is 0. The quantitative estimate of drug-likeness (QED) is 0.243. The summed E-state index contributed by atoms with van der Waals surface area (Å²) in [5.74, 6) is 0. The molecule has 1 aliphatic heterocycles. The summed E-state index contributed by atoms with van der Waals surface area (Å²) >= 11 is -0.834. The van der Waals surface area contributed by atoms with Crippen LogP contribution in [0.1, 0.15) is 0 Å². The van der Waals surface area contributed by atoms with E-state index in [4.69, 9.17) is 0 Å². The van der Waals surface area contributed by atoms with Crippen LogP contribution in [0.2, 0.25) is 0 Å². The van der Waals surface area contributed by atoms with Gasteiger partial charge in [0.15, 0.2) is 0 Å². The molecule has 0 aromatic rings. The standard InChI is InChI=1S/C2IO3/c4-1-3-2(5)6-1/q-1. The van der Waals surface area contributed by atoms with Crippen molar-refractivity contribution in [3.05, 3.63) is 0 Å². The zero-order valence-electron chi connectivity index (χ0n) is 2.60. The monoisotopic (exact) mass is 199 g/mol. The molecule has 0 spiro atoms. The summed E-state index contributed by atoms with van der Waals surface area (Å²) < 4.78 is 3.30. The Bertz CT molecular complexity index is 85.4. The molecule has 1 aliphatic rings. The van der Waals surface area contributed by atoms with Gasteiger partial charge in [-0.15, -0.1) is 0 Å². The van der Waals surface area contributed by atoms with Gasteiger partial charge in [-0.3, -0.25) is 0 Å². The fraction of sp³-hybridized carbons (Fsp3) is 0. The average Bonchev–Trinajstić information content (AvgIpc) is 1.33. The molecule has 1 fully saturated rings. The third-order valence-electron chi connectivity index (χ3n) is 0.315. The van der Waals surface area contributed by atoms with Crippen molar-refractivity contribution >= 4 is 7.95 Å². The first-order chi connectivity index (χ1) is 2.79. The summed E-state index contributed by atoms with van der Waals surface area (Å²) in [6.45, 7) is 0. The summed E-state index contributed by atoms with van der Waals surface area (Å²) in [5, 5.41) is 0. The van der Waals surface area contributed by atoms with Crippen LogP contribution in [-0.4, -0.2) is 7.95 Å². The average molecular weight is 199 g/mol. The molecule has 1 rings (SSSR count). The molecule has 0 radical (unpaired) electrons. The van der Waals surface area contributed by atoms with E-state index in [1.54, 1.807) is 0 Å². The SMILES string of the molecule is O=C1OC(=O)[I-]1. The van der Waals surface area contributed by atoms with Crippen LogP contribution >= 0.6 is 0 Å². The molecule has 6 heavy (non-hydrogen) atoms. The van der Waals surface area contributed by atoms with E-state index in [-0.39, 0.29) is 7.95 Å². The molecule has 0 saturated carbocycles. The molecule has 3 nitrogen and oxygen atoms in total. The number of hydrogen-bond acceptors (Lipinski definition) is 3. The number of carbonyl (C=O) groups is 2. The molecule has 1 saturated heterocycles. The van der Waals surface area contributed by atoms with Gasteiger partial charge in [0, 0.05) is 0 Å². The molecule has 1 heterocycles. The minimum atomic E-state index is -0.834. The fourth-order valence-corrected chi connectivity index (χ4v) is 0.804. The van der Waals surface area contributed by atoms with Gasteiger partial charge in [-0.25, -0.2) is 0 Å². The molecule has 34 valence electrons. The number of hydrogen-bond donors (Lipinski definition) is 0. The van der Waals surface area contributed by atoms with Gasteiger partial charge in [-0.2, -0.15) is 0 Å². The van der Waals surface area contributed by atoms with E-state index in [0.717, 1.165) is 0 Å². The van der Waals surface area contributed by atoms with E-state index in [1.165, 1.54) is 0 Å². The zero-order chi connectivity index (χ0) is 4.57. The van der Waals surface area contributed by atoms with Crippen LogP contribution in [0.15, 0.2) is 0 Å². The van der Waals surface area contributed by atoms with Crippen molar-refractivity contribution in [2.75, 3.05) is 0 Å². The van der Waals surface area contributed by atoms with E-state index in [2.05, 4.69) is 4.74 Å². The van der Waals surface area contributed by atoms with E-state index >= 15 is 0 Å². The first kappa shape index (κ1) is 4.04. The van der Waals surface area contributed by atoms with Crippen LogP contribution < -0.4 is 21.2 Å². The Morgan fingerprint density at radius 2 is 1.67 bits per heavy atom. The van der Waals surface area contributed by atoms with Crippen LogP contribution in [0.25, 0.3) is 0 Å². The number of carbonyl (C=O) groups excluding carboxylic acids is 2. The Morgan fingerprint density at radius 3 is 1.67 bits per heavy atom. The van der Waals surface area contributed by atoms with Crippen LogP contribution in [0.5, 0.6) is 0 Å². The molecule has 0 N–H and O–H groups in total. The van der Waals surface area contributed by atoms with Crippen molar-refractivity contribution < 1.29 is 35.5 Å². The second-order valence-electron chi connectivity index (χ2n) is 0.672. The van der Waals surface area contributed by atoms with Crippen LogP contribution in [0.4, 0.5) is 9.59 Å². The number of ether oxygens (including phenoxy) is 1. The van der Waals surface area contributed by atoms with Crippen molar-refractivity contribution in [2.45, 2.75) is 0 Å². The molecule has 0 amide bonds. The second kappa shape index (κ2) is 1.18. The zero-order valence-corrected chi connectivity index (χ0v) is 4.76. The van der Waals surface area contributed by atoms with E-state index in [0.29, 0.717) is 0 Å². The van der Waals surface area contributed by atoms with Gasteiger partial charge < -0.3 is 0 Å². The van der Waals surface area contributed by atoms with E-state index < -0.39 is 21.2 Å². The van der Waals surface area contributed by atoms with Gasteiger partial charge in [0.2, 0.25) is 0 Å². The van der Waals surface area contributed by atoms with Crippen LogP contribution in [0.3, 0.4) is 0 Å². The number of halogens is 1. The van der Waals surface area contributed by atoms with E-state index in [9.17, 15) is 9.59 Å². The molecule has 0 unspecified atom stereocenters. The second-order valence-corrected chi connectivity index (χ2v) is 2.97. The van der Waals surface area contributed by atoms with Crippen LogP contribution in [0, 0.1) is 0 Å². The molecule has 0 bridgehead atoms. The molecule has 0 aromatic heterocycles. The molecule has 0 atom stereocenters. The summed E-state index contributed by atoms with van der Waals surface area (Å²) in [4.78, 5) is 19.4. The van der Waals surface area contributed by atoms with Crippen LogP contribution in [-0.2, 0) is 4.74 Å². The molecule has 0 aromatic carbocycles. The van der Waals surface area contributed by atoms with Crippen molar-refractivity contribution in [3.8, 4) is 0 Å². The summed E-state index contributed by atoms with van der Waals surface area (Å²) in [6.07, 6.45) is 0. The number of rotatable bonds is 0. The molecule has 4 heteroatoms. The normalized spacial score (nSPS) is 20.7. The van der Waals surface area contributed by atoms with Gasteiger partial charge in [0.1, 0.15) is 0 Å². The van der Waals surface area contributed by atoms with Crippen molar-refractivity contribution in [1.82, 2.24) is 0 Å². The molecule has 0 aliphatic carbocycles. The van der Waals surface area contributed by atoms with Crippen molar-refractivity contribution in [1.29, 1.82) is 0 Å². The van der Waals surface area contributed by atoms with Gasteiger partial charge in [0.25, 0.3) is 0 Å². The predicted octanol–water partition coefficient (Wildman–Crippen LogP) is -2.65. The Morgan fingerprint density at radius 1 is 1.33 bits per heavy atom. The van der Waals surface area contributed by atoms with Gasteiger partial charge in [0.05, 0.1) is 0 Å². The van der Waals surface area contributed by atoms with Crippen molar-refractivity contribution in [3.63, 3.8) is 0 Å². The van der Waals surface area contributed by atoms with Gasteiger partial charge >= 0.3 is 43.5 Å². The first-order valence-corrected chi connectivity index (χ1v) is 3.35. The predicted molar refractivity (Wildman–Crippen MR) is 11.9 cm³/mol. The minimum absolute atomic E-state index is 0.307. The Balaban J connectivity index is 2.47. The van der Waals surface area contributed by atoms with Crippen molar-refractivity contribution in [2.24, 2.45) is 0 Å². The fourth-order valence-electron chi connectivity index (χ4n) is 0.134.